The van der Waals surface area contributed by atoms with Gasteiger partial charge in [-0.05, 0) is 25.3 Å². The summed E-state index contributed by atoms with van der Waals surface area (Å²) in [5, 5.41) is 3.48. The average Bonchev–Trinajstić information content (AvgIpc) is 2.71. The lowest BCUT2D eigenvalue weighted by molar-refractivity contribution is 0.568. The molecule has 2 heterocycles. The summed E-state index contributed by atoms with van der Waals surface area (Å²) in [6, 6.07) is 0.479. The highest BCUT2D eigenvalue weighted by Crippen LogP contribution is 2.24. The van der Waals surface area contributed by atoms with E-state index in [0.717, 1.165) is 6.54 Å². The second kappa shape index (κ2) is 3.73. The first-order chi connectivity index (χ1) is 6.70. The van der Waals surface area contributed by atoms with Crippen molar-refractivity contribution in [3.63, 3.8) is 0 Å². The van der Waals surface area contributed by atoms with Crippen LogP contribution in [-0.4, -0.2) is 16.1 Å². The number of aromatic nitrogens is 2. The maximum absolute atomic E-state index is 4.52. The van der Waals surface area contributed by atoms with E-state index in [1.807, 2.05) is 6.20 Å². The molecule has 1 aromatic rings. The molecule has 78 valence electrons. The molecule has 0 spiro atoms. The molecule has 3 heteroatoms. The summed E-state index contributed by atoms with van der Waals surface area (Å²) in [5.41, 5.74) is 1.33. The standard InChI is InChI=1S/C11H19N3/c1-8(2)10-7-13-11(14(10)3)9-5-4-6-12-9/h7-9,12H,4-6H2,1-3H3. The van der Waals surface area contributed by atoms with Gasteiger partial charge in [-0.2, -0.15) is 0 Å². The molecule has 1 unspecified atom stereocenters. The SMILES string of the molecule is CC(C)c1cnc(C2CCCN2)n1C. The number of rotatable bonds is 2. The van der Waals surface area contributed by atoms with Gasteiger partial charge in [-0.3, -0.25) is 0 Å². The Bertz CT molecular complexity index is 308. The van der Waals surface area contributed by atoms with Crippen LogP contribution in [0.5, 0.6) is 0 Å². The van der Waals surface area contributed by atoms with Gasteiger partial charge in [-0.25, -0.2) is 4.98 Å². The Kier molecular flexibility index (Phi) is 2.59. The lowest BCUT2D eigenvalue weighted by Gasteiger charge is -2.12. The van der Waals surface area contributed by atoms with Gasteiger partial charge in [0.05, 0.1) is 6.04 Å². The van der Waals surface area contributed by atoms with Gasteiger partial charge in [-0.1, -0.05) is 13.8 Å². The fraction of sp³-hybridized carbons (Fsp3) is 0.727. The minimum atomic E-state index is 0.479. The van der Waals surface area contributed by atoms with Crippen LogP contribution >= 0.6 is 0 Å². The molecule has 2 rings (SSSR count). The van der Waals surface area contributed by atoms with E-state index in [4.69, 9.17) is 0 Å². The minimum Gasteiger partial charge on any atom is -0.334 e. The molecule has 14 heavy (non-hydrogen) atoms. The zero-order valence-corrected chi connectivity index (χ0v) is 9.25. The maximum atomic E-state index is 4.52. The smallest absolute Gasteiger partial charge is 0.125 e. The lowest BCUT2D eigenvalue weighted by Crippen LogP contribution is -2.17. The summed E-state index contributed by atoms with van der Waals surface area (Å²) in [6.45, 7) is 5.56. The van der Waals surface area contributed by atoms with Crippen LogP contribution in [-0.2, 0) is 7.05 Å². The second-order valence-corrected chi connectivity index (χ2v) is 4.40. The van der Waals surface area contributed by atoms with Crippen molar-refractivity contribution in [2.75, 3.05) is 6.54 Å². The van der Waals surface area contributed by atoms with Crippen LogP contribution < -0.4 is 5.32 Å². The van der Waals surface area contributed by atoms with Gasteiger partial charge in [0, 0.05) is 18.9 Å². The monoisotopic (exact) mass is 193 g/mol. The molecule has 0 bridgehead atoms. The van der Waals surface area contributed by atoms with Crippen molar-refractivity contribution in [3.05, 3.63) is 17.7 Å². The zero-order valence-electron chi connectivity index (χ0n) is 9.25. The molecular formula is C11H19N3. The van der Waals surface area contributed by atoms with E-state index in [1.54, 1.807) is 0 Å². The van der Waals surface area contributed by atoms with Crippen LogP contribution in [0.1, 0.15) is 50.2 Å². The summed E-state index contributed by atoms with van der Waals surface area (Å²) in [5.74, 6) is 1.76. The van der Waals surface area contributed by atoms with E-state index in [1.165, 1.54) is 24.4 Å². The van der Waals surface area contributed by atoms with Crippen LogP contribution in [0.2, 0.25) is 0 Å². The van der Waals surface area contributed by atoms with Crippen LogP contribution in [0.3, 0.4) is 0 Å². The summed E-state index contributed by atoms with van der Waals surface area (Å²) in [7, 11) is 2.12. The molecule has 1 aliphatic heterocycles. The summed E-state index contributed by atoms with van der Waals surface area (Å²) < 4.78 is 2.24. The molecule has 0 aliphatic carbocycles. The largest absolute Gasteiger partial charge is 0.334 e. The summed E-state index contributed by atoms with van der Waals surface area (Å²) in [6.07, 6.45) is 4.51. The first kappa shape index (κ1) is 9.71. The minimum absolute atomic E-state index is 0.479. The molecule has 0 saturated carbocycles. The fourth-order valence-corrected chi connectivity index (χ4v) is 2.20. The molecule has 1 fully saturated rings. The third-order valence-corrected chi connectivity index (χ3v) is 3.02. The van der Waals surface area contributed by atoms with Gasteiger partial charge in [0.2, 0.25) is 0 Å². The van der Waals surface area contributed by atoms with E-state index in [0.29, 0.717) is 12.0 Å². The normalized spacial score (nSPS) is 22.1. The molecule has 1 atom stereocenters. The Balaban J connectivity index is 2.26. The molecule has 0 radical (unpaired) electrons. The Hall–Kier alpha value is -0.830. The number of imidazole rings is 1. The number of nitrogens with one attached hydrogen (secondary N) is 1. The zero-order chi connectivity index (χ0) is 10.1. The molecule has 0 aromatic carbocycles. The van der Waals surface area contributed by atoms with Crippen molar-refractivity contribution in [3.8, 4) is 0 Å². The molecule has 1 saturated heterocycles. The maximum Gasteiger partial charge on any atom is 0.125 e. The van der Waals surface area contributed by atoms with Crippen molar-refractivity contribution in [2.45, 2.75) is 38.6 Å². The van der Waals surface area contributed by atoms with Crippen molar-refractivity contribution < 1.29 is 0 Å². The van der Waals surface area contributed by atoms with Crippen molar-refractivity contribution >= 4 is 0 Å². The molecule has 3 nitrogen and oxygen atoms in total. The Morgan fingerprint density at radius 1 is 1.57 bits per heavy atom. The molecule has 1 aromatic heterocycles. The lowest BCUT2D eigenvalue weighted by atomic mass is 10.1. The van der Waals surface area contributed by atoms with Gasteiger partial charge in [0.1, 0.15) is 5.82 Å². The van der Waals surface area contributed by atoms with Crippen LogP contribution in [0.15, 0.2) is 6.20 Å². The first-order valence-corrected chi connectivity index (χ1v) is 5.45. The third kappa shape index (κ3) is 1.57. The van der Waals surface area contributed by atoms with Gasteiger partial charge in [0.15, 0.2) is 0 Å². The topological polar surface area (TPSA) is 29.9 Å². The van der Waals surface area contributed by atoms with Crippen LogP contribution in [0.25, 0.3) is 0 Å². The van der Waals surface area contributed by atoms with Crippen molar-refractivity contribution in [1.29, 1.82) is 0 Å². The molecule has 1 N–H and O–H groups in total. The first-order valence-electron chi connectivity index (χ1n) is 5.45. The Morgan fingerprint density at radius 3 is 2.86 bits per heavy atom. The number of hydrogen-bond acceptors (Lipinski definition) is 2. The number of hydrogen-bond donors (Lipinski definition) is 1. The quantitative estimate of drug-likeness (QED) is 0.778. The third-order valence-electron chi connectivity index (χ3n) is 3.02. The number of nitrogens with zero attached hydrogens (tertiary/aromatic N) is 2. The van der Waals surface area contributed by atoms with Gasteiger partial charge < -0.3 is 9.88 Å². The van der Waals surface area contributed by atoms with E-state index < -0.39 is 0 Å². The highest BCUT2D eigenvalue weighted by Gasteiger charge is 2.21. The summed E-state index contributed by atoms with van der Waals surface area (Å²) >= 11 is 0. The fourth-order valence-electron chi connectivity index (χ4n) is 2.20. The van der Waals surface area contributed by atoms with E-state index in [9.17, 15) is 0 Å². The van der Waals surface area contributed by atoms with Gasteiger partial charge in [-0.15, -0.1) is 0 Å². The molecule has 1 aliphatic rings. The summed E-state index contributed by atoms with van der Waals surface area (Å²) in [4.78, 5) is 4.52. The predicted molar refractivity (Wildman–Crippen MR) is 57.3 cm³/mol. The van der Waals surface area contributed by atoms with Crippen molar-refractivity contribution in [1.82, 2.24) is 14.9 Å². The Morgan fingerprint density at radius 2 is 2.36 bits per heavy atom. The molecular weight excluding hydrogens is 174 g/mol. The van der Waals surface area contributed by atoms with Crippen molar-refractivity contribution in [2.24, 2.45) is 7.05 Å². The van der Waals surface area contributed by atoms with Gasteiger partial charge in [0.25, 0.3) is 0 Å². The van der Waals surface area contributed by atoms with Gasteiger partial charge >= 0.3 is 0 Å². The Labute approximate surface area is 85.5 Å². The van der Waals surface area contributed by atoms with E-state index in [-0.39, 0.29) is 0 Å². The van der Waals surface area contributed by atoms with Crippen LogP contribution in [0.4, 0.5) is 0 Å². The predicted octanol–water partition coefficient (Wildman–Crippen LogP) is 1.97. The average molecular weight is 193 g/mol. The highest BCUT2D eigenvalue weighted by atomic mass is 15.1. The second-order valence-electron chi connectivity index (χ2n) is 4.40. The molecule has 0 amide bonds. The van der Waals surface area contributed by atoms with E-state index >= 15 is 0 Å². The van der Waals surface area contributed by atoms with Crippen LogP contribution in [0, 0.1) is 0 Å². The van der Waals surface area contributed by atoms with E-state index in [2.05, 4.69) is 35.8 Å². The highest BCUT2D eigenvalue weighted by molar-refractivity contribution is 5.12.